The number of rotatable bonds is 7. The average Bonchev–Trinajstić information content (AvgIpc) is 2.52. The molecule has 0 unspecified atom stereocenters. The zero-order chi connectivity index (χ0) is 15.1. The first-order valence-corrected chi connectivity index (χ1v) is 7.20. The van der Waals surface area contributed by atoms with Crippen LogP contribution < -0.4 is 5.32 Å². The van der Waals surface area contributed by atoms with Gasteiger partial charge in [0.2, 0.25) is 0 Å². The third-order valence-corrected chi connectivity index (χ3v) is 3.01. The zero-order valence-electron chi connectivity index (χ0n) is 12.5. The van der Waals surface area contributed by atoms with Crippen molar-refractivity contribution in [3.8, 4) is 11.3 Å². The van der Waals surface area contributed by atoms with Crippen molar-refractivity contribution in [3.63, 3.8) is 0 Å². The molecule has 0 bridgehead atoms. The van der Waals surface area contributed by atoms with Gasteiger partial charge in [0.15, 0.2) is 0 Å². The lowest BCUT2D eigenvalue weighted by Gasteiger charge is -2.15. The first kappa shape index (κ1) is 15.5. The lowest BCUT2D eigenvalue weighted by molar-refractivity contribution is 0.0112. The van der Waals surface area contributed by atoms with E-state index in [9.17, 15) is 5.11 Å². The van der Waals surface area contributed by atoms with Crippen molar-refractivity contribution in [2.75, 3.05) is 18.5 Å². The molecule has 0 fully saturated rings. The van der Waals surface area contributed by atoms with Crippen LogP contribution in [0, 0.1) is 0 Å². The van der Waals surface area contributed by atoms with Gasteiger partial charge >= 0.3 is 0 Å². The molecule has 0 radical (unpaired) electrons. The lowest BCUT2D eigenvalue weighted by Crippen LogP contribution is -2.26. The Kier molecular flexibility index (Phi) is 5.72. The summed E-state index contributed by atoms with van der Waals surface area (Å²) in [6.07, 6.45) is 1.41. The molecule has 0 amide bonds. The number of nitrogens with zero attached hydrogens (tertiary/aromatic N) is 1. The Morgan fingerprint density at radius 1 is 1.14 bits per heavy atom. The maximum Gasteiger partial charge on any atom is 0.0945 e. The molecule has 0 aliphatic heterocycles. The molecule has 1 aromatic carbocycles. The van der Waals surface area contributed by atoms with E-state index in [4.69, 9.17) is 4.74 Å². The van der Waals surface area contributed by atoms with Crippen LogP contribution in [0.3, 0.4) is 0 Å². The maximum atomic E-state index is 9.79. The summed E-state index contributed by atoms with van der Waals surface area (Å²) in [6, 6.07) is 13.9. The van der Waals surface area contributed by atoms with Gasteiger partial charge in [-0.15, -0.1) is 0 Å². The van der Waals surface area contributed by atoms with Gasteiger partial charge in [0.1, 0.15) is 0 Å². The van der Waals surface area contributed by atoms with Crippen LogP contribution in [0.15, 0.2) is 48.7 Å². The van der Waals surface area contributed by atoms with Gasteiger partial charge in [-0.1, -0.05) is 18.2 Å². The molecule has 0 aliphatic rings. The second kappa shape index (κ2) is 7.76. The Hall–Kier alpha value is -1.91. The minimum absolute atomic E-state index is 0.136. The summed E-state index contributed by atoms with van der Waals surface area (Å²) in [5, 5.41) is 13.0. The van der Waals surface area contributed by atoms with Gasteiger partial charge in [-0.3, -0.25) is 4.98 Å². The second-order valence-corrected chi connectivity index (χ2v) is 5.21. The molecule has 1 heterocycles. The fraction of sp³-hybridized carbons (Fsp3) is 0.353. The summed E-state index contributed by atoms with van der Waals surface area (Å²) in [5.74, 6) is 0. The van der Waals surface area contributed by atoms with Crippen molar-refractivity contribution in [3.05, 3.63) is 48.7 Å². The molecule has 1 aromatic heterocycles. The zero-order valence-corrected chi connectivity index (χ0v) is 12.5. The third-order valence-electron chi connectivity index (χ3n) is 3.01. The van der Waals surface area contributed by atoms with Crippen molar-refractivity contribution in [1.82, 2.24) is 4.98 Å². The molecular formula is C17H22N2O2. The van der Waals surface area contributed by atoms with Crippen molar-refractivity contribution >= 4 is 5.69 Å². The standard InChI is InChI=1S/C17H22N2O2/c1-13(2)21-12-16(20)11-19-15-8-6-14(7-9-15)17-5-3-4-10-18-17/h3-10,13,16,19-20H,11-12H2,1-2H3/t16-/m0/s1. The van der Waals surface area contributed by atoms with Crippen molar-refractivity contribution < 1.29 is 9.84 Å². The van der Waals surface area contributed by atoms with Gasteiger partial charge < -0.3 is 15.2 Å². The SMILES string of the molecule is CC(C)OC[C@@H](O)CNc1ccc(-c2ccccn2)cc1. The van der Waals surface area contributed by atoms with Crippen LogP contribution in [0.2, 0.25) is 0 Å². The van der Waals surface area contributed by atoms with Gasteiger partial charge in [-0.2, -0.15) is 0 Å². The van der Waals surface area contributed by atoms with E-state index in [0.717, 1.165) is 16.9 Å². The molecule has 4 heteroatoms. The Morgan fingerprint density at radius 2 is 1.90 bits per heavy atom. The monoisotopic (exact) mass is 286 g/mol. The Bertz CT molecular complexity index is 526. The normalized spacial score (nSPS) is 12.4. The summed E-state index contributed by atoms with van der Waals surface area (Å²) in [5.41, 5.74) is 3.00. The number of hydrogen-bond acceptors (Lipinski definition) is 4. The second-order valence-electron chi connectivity index (χ2n) is 5.21. The van der Waals surface area contributed by atoms with Gasteiger partial charge in [-0.05, 0) is 38.1 Å². The highest BCUT2D eigenvalue weighted by atomic mass is 16.5. The van der Waals surface area contributed by atoms with E-state index in [1.807, 2.05) is 56.3 Å². The molecule has 2 rings (SSSR count). The van der Waals surface area contributed by atoms with Crippen LogP contribution in [0.5, 0.6) is 0 Å². The van der Waals surface area contributed by atoms with E-state index >= 15 is 0 Å². The number of hydrogen-bond donors (Lipinski definition) is 2. The summed E-state index contributed by atoms with van der Waals surface area (Å²) in [4.78, 5) is 4.32. The molecule has 2 aromatic rings. The van der Waals surface area contributed by atoms with Crippen LogP contribution in [0.1, 0.15) is 13.8 Å². The third kappa shape index (κ3) is 5.17. The summed E-state index contributed by atoms with van der Waals surface area (Å²) < 4.78 is 5.37. The van der Waals surface area contributed by atoms with Gasteiger partial charge in [-0.25, -0.2) is 0 Å². The van der Waals surface area contributed by atoms with Crippen LogP contribution in [-0.4, -0.2) is 35.5 Å². The van der Waals surface area contributed by atoms with Crippen LogP contribution >= 0.6 is 0 Å². The number of ether oxygens (including phenoxy) is 1. The number of nitrogens with one attached hydrogen (secondary N) is 1. The molecule has 0 saturated carbocycles. The highest BCUT2D eigenvalue weighted by Crippen LogP contribution is 2.18. The number of aromatic nitrogens is 1. The van der Waals surface area contributed by atoms with Crippen LogP contribution in [0.25, 0.3) is 11.3 Å². The van der Waals surface area contributed by atoms with Crippen LogP contribution in [-0.2, 0) is 4.74 Å². The molecule has 21 heavy (non-hydrogen) atoms. The van der Waals surface area contributed by atoms with Crippen LogP contribution in [0.4, 0.5) is 5.69 Å². The first-order chi connectivity index (χ1) is 10.1. The fourth-order valence-corrected chi connectivity index (χ4v) is 1.89. The molecule has 4 nitrogen and oxygen atoms in total. The van der Waals surface area contributed by atoms with Crippen molar-refractivity contribution in [2.45, 2.75) is 26.1 Å². The minimum atomic E-state index is -0.511. The Balaban J connectivity index is 1.85. The summed E-state index contributed by atoms with van der Waals surface area (Å²) >= 11 is 0. The highest BCUT2D eigenvalue weighted by molar-refractivity contribution is 5.62. The fourth-order valence-electron chi connectivity index (χ4n) is 1.89. The molecule has 0 spiro atoms. The lowest BCUT2D eigenvalue weighted by atomic mass is 10.1. The number of benzene rings is 1. The number of pyridine rings is 1. The molecule has 2 N–H and O–H groups in total. The van der Waals surface area contributed by atoms with Gasteiger partial charge in [0, 0.05) is 24.0 Å². The van der Waals surface area contributed by atoms with Crippen molar-refractivity contribution in [1.29, 1.82) is 0 Å². The highest BCUT2D eigenvalue weighted by Gasteiger charge is 2.05. The van der Waals surface area contributed by atoms with E-state index in [2.05, 4.69) is 10.3 Å². The van der Waals surface area contributed by atoms with E-state index in [1.165, 1.54) is 0 Å². The molecular weight excluding hydrogens is 264 g/mol. The average molecular weight is 286 g/mol. The van der Waals surface area contributed by atoms with Gasteiger partial charge in [0.25, 0.3) is 0 Å². The summed E-state index contributed by atoms with van der Waals surface area (Å²) in [7, 11) is 0. The van der Waals surface area contributed by atoms with E-state index in [1.54, 1.807) is 6.20 Å². The first-order valence-electron chi connectivity index (χ1n) is 7.20. The molecule has 112 valence electrons. The predicted molar refractivity (Wildman–Crippen MR) is 85.3 cm³/mol. The molecule has 0 saturated heterocycles. The Morgan fingerprint density at radius 3 is 2.52 bits per heavy atom. The largest absolute Gasteiger partial charge is 0.389 e. The minimum Gasteiger partial charge on any atom is -0.389 e. The van der Waals surface area contributed by atoms with E-state index in [0.29, 0.717) is 13.2 Å². The topological polar surface area (TPSA) is 54.4 Å². The van der Waals surface area contributed by atoms with E-state index < -0.39 is 6.10 Å². The number of aliphatic hydroxyl groups is 1. The maximum absolute atomic E-state index is 9.79. The van der Waals surface area contributed by atoms with Gasteiger partial charge in [0.05, 0.1) is 24.5 Å². The molecule has 0 aliphatic carbocycles. The van der Waals surface area contributed by atoms with Crippen molar-refractivity contribution in [2.24, 2.45) is 0 Å². The smallest absolute Gasteiger partial charge is 0.0945 e. The molecule has 1 atom stereocenters. The number of anilines is 1. The van der Waals surface area contributed by atoms with E-state index in [-0.39, 0.29) is 6.10 Å². The summed E-state index contributed by atoms with van der Waals surface area (Å²) in [6.45, 7) is 4.72. The Labute approximate surface area is 125 Å². The quantitative estimate of drug-likeness (QED) is 0.821. The predicted octanol–water partition coefficient (Wildman–Crippen LogP) is 2.95. The number of aliphatic hydroxyl groups excluding tert-OH is 1.